The first-order valence-corrected chi connectivity index (χ1v) is 8.20. The molecule has 0 saturated carbocycles. The van der Waals surface area contributed by atoms with Crippen LogP contribution in [-0.2, 0) is 4.79 Å². The summed E-state index contributed by atoms with van der Waals surface area (Å²) < 4.78 is 6.00. The highest BCUT2D eigenvalue weighted by Crippen LogP contribution is 2.19. The van der Waals surface area contributed by atoms with Gasteiger partial charge in [0.25, 0.3) is 5.91 Å². The Bertz CT molecular complexity index is 653. The maximum absolute atomic E-state index is 12.3. The first-order valence-electron chi connectivity index (χ1n) is 7.41. The van der Waals surface area contributed by atoms with Gasteiger partial charge in [0, 0.05) is 4.47 Å². The molecule has 0 spiro atoms. The molecule has 0 fully saturated rings. The third-order valence-corrected chi connectivity index (χ3v) is 4.01. The summed E-state index contributed by atoms with van der Waals surface area (Å²) >= 11 is 3.39. The van der Waals surface area contributed by atoms with E-state index in [1.807, 2.05) is 31.2 Å². The lowest BCUT2D eigenvalue weighted by atomic mass is 10.0. The zero-order valence-corrected chi connectivity index (χ0v) is 14.6. The van der Waals surface area contributed by atoms with Crippen molar-refractivity contribution in [2.45, 2.75) is 32.4 Å². The van der Waals surface area contributed by atoms with Crippen LogP contribution in [0.5, 0.6) is 0 Å². The minimum atomic E-state index is -0.655. The second kappa shape index (κ2) is 7.97. The van der Waals surface area contributed by atoms with Crippen LogP contribution in [0.4, 0.5) is 0 Å². The molecule has 2 atom stereocenters. The number of amides is 2. The van der Waals surface area contributed by atoms with Gasteiger partial charge in [-0.1, -0.05) is 35.0 Å². The molecule has 0 aliphatic carbocycles. The van der Waals surface area contributed by atoms with E-state index >= 15 is 0 Å². The molecule has 122 valence electrons. The smallest absolute Gasteiger partial charge is 0.287 e. The van der Waals surface area contributed by atoms with Gasteiger partial charge in [-0.3, -0.25) is 9.59 Å². The second-order valence-corrected chi connectivity index (χ2v) is 6.11. The number of nitrogens with one attached hydrogen (secondary N) is 2. The van der Waals surface area contributed by atoms with Gasteiger partial charge in [-0.25, -0.2) is 0 Å². The molecule has 0 bridgehead atoms. The lowest BCUT2D eigenvalue weighted by Gasteiger charge is -2.20. The average Bonchev–Trinajstić information content (AvgIpc) is 3.07. The topological polar surface area (TPSA) is 71.3 Å². The summed E-state index contributed by atoms with van der Waals surface area (Å²) in [5.41, 5.74) is 1.02. The van der Waals surface area contributed by atoms with E-state index in [0.29, 0.717) is 0 Å². The van der Waals surface area contributed by atoms with Crippen LogP contribution in [0.25, 0.3) is 0 Å². The normalized spacial score (nSPS) is 13.2. The number of benzene rings is 1. The van der Waals surface area contributed by atoms with E-state index in [-0.39, 0.29) is 17.7 Å². The third kappa shape index (κ3) is 4.69. The highest BCUT2D eigenvalue weighted by molar-refractivity contribution is 9.10. The van der Waals surface area contributed by atoms with Crippen molar-refractivity contribution in [1.29, 1.82) is 0 Å². The van der Waals surface area contributed by atoms with Gasteiger partial charge in [0.05, 0.1) is 12.3 Å². The summed E-state index contributed by atoms with van der Waals surface area (Å²) in [6.07, 6.45) is 2.17. The fourth-order valence-electron chi connectivity index (χ4n) is 2.15. The Balaban J connectivity index is 1.96. The maximum Gasteiger partial charge on any atom is 0.287 e. The number of hydrogen-bond acceptors (Lipinski definition) is 3. The van der Waals surface area contributed by atoms with Gasteiger partial charge in [0.1, 0.15) is 6.04 Å². The fourth-order valence-corrected chi connectivity index (χ4v) is 2.42. The number of carbonyl (C=O) groups is 2. The van der Waals surface area contributed by atoms with Gasteiger partial charge in [-0.2, -0.15) is 0 Å². The van der Waals surface area contributed by atoms with Crippen molar-refractivity contribution in [3.63, 3.8) is 0 Å². The average molecular weight is 379 g/mol. The fraction of sp³-hybridized carbons (Fsp3) is 0.294. The number of furan rings is 1. The van der Waals surface area contributed by atoms with Crippen LogP contribution in [-0.4, -0.2) is 17.9 Å². The quantitative estimate of drug-likeness (QED) is 0.808. The molecular weight excluding hydrogens is 360 g/mol. The van der Waals surface area contributed by atoms with Gasteiger partial charge in [-0.15, -0.1) is 0 Å². The van der Waals surface area contributed by atoms with E-state index in [1.165, 1.54) is 6.26 Å². The minimum absolute atomic E-state index is 0.0986. The number of rotatable bonds is 6. The van der Waals surface area contributed by atoms with E-state index in [9.17, 15) is 9.59 Å². The van der Waals surface area contributed by atoms with E-state index in [0.717, 1.165) is 16.5 Å². The standard InChI is InChI=1S/C17H19BrN2O3/c1-3-14(12-6-8-13(18)9-7-12)20-16(21)11(2)19-17(22)15-5-4-10-23-15/h4-11,14H,3H2,1-2H3,(H,19,22)(H,20,21). The van der Waals surface area contributed by atoms with Gasteiger partial charge < -0.3 is 15.1 Å². The highest BCUT2D eigenvalue weighted by Gasteiger charge is 2.21. The van der Waals surface area contributed by atoms with Crippen molar-refractivity contribution in [3.05, 3.63) is 58.5 Å². The van der Waals surface area contributed by atoms with E-state index in [1.54, 1.807) is 19.1 Å². The summed E-state index contributed by atoms with van der Waals surface area (Å²) in [5, 5.41) is 5.57. The van der Waals surface area contributed by atoms with Gasteiger partial charge in [-0.05, 0) is 43.2 Å². The van der Waals surface area contributed by atoms with Gasteiger partial charge in [0.15, 0.2) is 5.76 Å². The number of carbonyl (C=O) groups excluding carboxylic acids is 2. The zero-order chi connectivity index (χ0) is 16.8. The van der Waals surface area contributed by atoms with E-state index in [4.69, 9.17) is 4.42 Å². The van der Waals surface area contributed by atoms with Crippen LogP contribution in [0, 0.1) is 0 Å². The zero-order valence-electron chi connectivity index (χ0n) is 13.0. The molecule has 0 aliphatic rings. The van der Waals surface area contributed by atoms with Gasteiger partial charge >= 0.3 is 0 Å². The largest absolute Gasteiger partial charge is 0.459 e. The summed E-state index contributed by atoms with van der Waals surface area (Å²) in [7, 11) is 0. The van der Waals surface area contributed by atoms with Crippen molar-refractivity contribution in [2.75, 3.05) is 0 Å². The Morgan fingerprint density at radius 2 is 1.87 bits per heavy atom. The van der Waals surface area contributed by atoms with Crippen LogP contribution >= 0.6 is 15.9 Å². The molecule has 2 aromatic rings. The SMILES string of the molecule is CCC(NC(=O)C(C)NC(=O)c1ccco1)c1ccc(Br)cc1. The molecular formula is C17H19BrN2O3. The van der Waals surface area contributed by atoms with E-state index in [2.05, 4.69) is 26.6 Å². The van der Waals surface area contributed by atoms with Crippen LogP contribution in [0.1, 0.15) is 42.4 Å². The van der Waals surface area contributed by atoms with Crippen LogP contribution < -0.4 is 10.6 Å². The Labute approximate surface area is 143 Å². The highest BCUT2D eigenvalue weighted by atomic mass is 79.9. The summed E-state index contributed by atoms with van der Waals surface area (Å²) in [4.78, 5) is 24.2. The first-order chi connectivity index (χ1) is 11.0. The molecule has 0 aliphatic heterocycles. The maximum atomic E-state index is 12.3. The molecule has 2 N–H and O–H groups in total. The molecule has 2 amide bonds. The van der Waals surface area contributed by atoms with Crippen LogP contribution in [0.15, 0.2) is 51.6 Å². The predicted octanol–water partition coefficient (Wildman–Crippen LogP) is 3.43. The molecule has 0 saturated heterocycles. The lowest BCUT2D eigenvalue weighted by Crippen LogP contribution is -2.45. The molecule has 1 aromatic carbocycles. The lowest BCUT2D eigenvalue weighted by molar-refractivity contribution is -0.123. The van der Waals surface area contributed by atoms with Crippen molar-refractivity contribution in [3.8, 4) is 0 Å². The number of hydrogen-bond donors (Lipinski definition) is 2. The Hall–Kier alpha value is -2.08. The molecule has 2 unspecified atom stereocenters. The summed E-state index contributed by atoms with van der Waals surface area (Å²) in [5.74, 6) is -0.460. The first kappa shape index (κ1) is 17.3. The van der Waals surface area contributed by atoms with Crippen LogP contribution in [0.2, 0.25) is 0 Å². The van der Waals surface area contributed by atoms with Gasteiger partial charge in [0.2, 0.25) is 5.91 Å². The minimum Gasteiger partial charge on any atom is -0.459 e. The second-order valence-electron chi connectivity index (χ2n) is 5.19. The monoisotopic (exact) mass is 378 g/mol. The Kier molecular flexibility index (Phi) is 5.98. The Morgan fingerprint density at radius 1 is 1.17 bits per heavy atom. The van der Waals surface area contributed by atoms with Crippen molar-refractivity contribution in [2.24, 2.45) is 0 Å². The summed E-state index contributed by atoms with van der Waals surface area (Å²) in [6, 6.07) is 10.2. The molecule has 23 heavy (non-hydrogen) atoms. The Morgan fingerprint density at radius 3 is 2.43 bits per heavy atom. The molecule has 2 rings (SSSR count). The molecule has 1 aromatic heterocycles. The molecule has 5 nitrogen and oxygen atoms in total. The van der Waals surface area contributed by atoms with Crippen molar-refractivity contribution in [1.82, 2.24) is 10.6 Å². The number of halogens is 1. The predicted molar refractivity (Wildman–Crippen MR) is 91.0 cm³/mol. The molecule has 0 radical (unpaired) electrons. The summed E-state index contributed by atoms with van der Waals surface area (Å²) in [6.45, 7) is 3.64. The van der Waals surface area contributed by atoms with Crippen molar-refractivity contribution >= 4 is 27.7 Å². The third-order valence-electron chi connectivity index (χ3n) is 3.48. The van der Waals surface area contributed by atoms with E-state index < -0.39 is 11.9 Å². The van der Waals surface area contributed by atoms with Crippen LogP contribution in [0.3, 0.4) is 0 Å². The molecule has 1 heterocycles. The van der Waals surface area contributed by atoms with Crippen molar-refractivity contribution < 1.29 is 14.0 Å². The molecule has 6 heteroatoms.